The second-order valence-electron chi connectivity index (χ2n) is 6.35. The zero-order valence-electron chi connectivity index (χ0n) is 15.2. The molecule has 0 fully saturated rings. The average Bonchev–Trinajstić information content (AvgIpc) is 3.31. The van der Waals surface area contributed by atoms with Crippen LogP contribution in [0.5, 0.6) is 11.5 Å². The number of fused-ring (bicyclic) bond motifs is 1. The Bertz CT molecular complexity index is 1110. The van der Waals surface area contributed by atoms with Crippen molar-refractivity contribution in [3.05, 3.63) is 59.0 Å². The summed E-state index contributed by atoms with van der Waals surface area (Å²) in [4.78, 5) is 27.8. The largest absolute Gasteiger partial charge is 0.480 e. The van der Waals surface area contributed by atoms with E-state index in [0.717, 1.165) is 23.5 Å². The number of aromatic nitrogens is 1. The van der Waals surface area contributed by atoms with Crippen LogP contribution in [-0.2, 0) is 22.2 Å². The number of benzene rings is 2. The summed E-state index contributed by atoms with van der Waals surface area (Å²) in [6, 6.07) is 9.64. The molecule has 154 valence electrons. The molecule has 0 saturated heterocycles. The molecule has 1 N–H and O–H groups in total. The molecule has 0 bridgehead atoms. The number of amides is 1. The third-order valence-corrected chi connectivity index (χ3v) is 4.99. The van der Waals surface area contributed by atoms with Crippen LogP contribution in [0.4, 0.5) is 18.3 Å². The highest BCUT2D eigenvalue weighted by Gasteiger charge is 2.30. The van der Waals surface area contributed by atoms with E-state index in [0.29, 0.717) is 22.6 Å². The van der Waals surface area contributed by atoms with Crippen molar-refractivity contribution in [2.45, 2.75) is 12.6 Å². The first-order chi connectivity index (χ1) is 14.3. The first-order valence-electron chi connectivity index (χ1n) is 8.68. The van der Waals surface area contributed by atoms with Crippen molar-refractivity contribution in [2.24, 2.45) is 0 Å². The van der Waals surface area contributed by atoms with Crippen molar-refractivity contribution >= 4 is 28.3 Å². The summed E-state index contributed by atoms with van der Waals surface area (Å²) >= 11 is 1.13. The normalized spacial score (nSPS) is 13.0. The minimum atomic E-state index is -4.41. The monoisotopic (exact) mass is 434 g/mol. The van der Waals surface area contributed by atoms with Crippen molar-refractivity contribution in [3.8, 4) is 22.8 Å². The summed E-state index contributed by atoms with van der Waals surface area (Å²) in [6.07, 6.45) is -4.25. The third-order valence-electron chi connectivity index (χ3n) is 4.23. The van der Waals surface area contributed by atoms with Crippen molar-refractivity contribution < 1.29 is 32.2 Å². The predicted molar refractivity (Wildman–Crippen MR) is 102 cm³/mol. The highest BCUT2D eigenvalue weighted by Crippen LogP contribution is 2.36. The van der Waals surface area contributed by atoms with Crippen LogP contribution in [0.3, 0.4) is 0 Å². The standard InChI is InChI=1S/C20H13F3N2O4S/c21-20(22,23)13-6-4-11(5-7-13)14-10-30-19(24-14)25-16(26)9-28-15-3-1-2-12-8-17(27)29-18(12)15/h1-7,10H,8-9H2,(H,24,25,26). The van der Waals surface area contributed by atoms with E-state index in [4.69, 9.17) is 9.47 Å². The number of nitrogens with zero attached hydrogens (tertiary/aromatic N) is 1. The molecule has 0 aliphatic carbocycles. The van der Waals surface area contributed by atoms with Gasteiger partial charge < -0.3 is 9.47 Å². The van der Waals surface area contributed by atoms with Gasteiger partial charge in [0, 0.05) is 16.5 Å². The molecule has 0 atom stereocenters. The smallest absolute Gasteiger partial charge is 0.416 e. The third kappa shape index (κ3) is 4.28. The molecular weight excluding hydrogens is 421 g/mol. The van der Waals surface area contributed by atoms with Crippen molar-refractivity contribution in [3.63, 3.8) is 0 Å². The van der Waals surface area contributed by atoms with Crippen LogP contribution in [-0.4, -0.2) is 23.5 Å². The number of hydrogen-bond acceptors (Lipinski definition) is 6. The number of esters is 1. The summed E-state index contributed by atoms with van der Waals surface area (Å²) in [5.74, 6) is -0.262. The maximum absolute atomic E-state index is 12.7. The number of ether oxygens (including phenoxy) is 2. The number of hydrogen-bond donors (Lipinski definition) is 1. The second-order valence-corrected chi connectivity index (χ2v) is 7.20. The highest BCUT2D eigenvalue weighted by molar-refractivity contribution is 7.14. The fourth-order valence-electron chi connectivity index (χ4n) is 2.83. The van der Waals surface area contributed by atoms with Crippen LogP contribution >= 0.6 is 11.3 Å². The van der Waals surface area contributed by atoms with Crippen molar-refractivity contribution in [2.75, 3.05) is 11.9 Å². The molecule has 30 heavy (non-hydrogen) atoms. The Morgan fingerprint density at radius 3 is 2.70 bits per heavy atom. The van der Waals surface area contributed by atoms with E-state index >= 15 is 0 Å². The number of alkyl halides is 3. The fraction of sp³-hybridized carbons (Fsp3) is 0.150. The van der Waals surface area contributed by atoms with E-state index in [1.807, 2.05) is 0 Å². The molecule has 4 rings (SSSR count). The molecule has 0 saturated carbocycles. The number of para-hydroxylation sites is 1. The SMILES string of the molecule is O=C(COc1cccc2c1OC(=O)C2)Nc1nc(-c2ccc(C(F)(F)F)cc2)cs1. The lowest BCUT2D eigenvalue weighted by molar-refractivity contribution is -0.137. The van der Waals surface area contributed by atoms with Gasteiger partial charge in [-0.15, -0.1) is 11.3 Å². The summed E-state index contributed by atoms with van der Waals surface area (Å²) in [7, 11) is 0. The van der Waals surface area contributed by atoms with Gasteiger partial charge in [-0.1, -0.05) is 24.3 Å². The Kier molecular flexibility index (Phi) is 5.17. The molecule has 1 aromatic heterocycles. The van der Waals surface area contributed by atoms with E-state index in [-0.39, 0.29) is 29.9 Å². The van der Waals surface area contributed by atoms with Gasteiger partial charge in [-0.2, -0.15) is 13.2 Å². The molecule has 1 aliphatic rings. The zero-order valence-corrected chi connectivity index (χ0v) is 16.0. The van der Waals surface area contributed by atoms with Gasteiger partial charge in [0.25, 0.3) is 5.91 Å². The van der Waals surface area contributed by atoms with Gasteiger partial charge in [0.15, 0.2) is 23.2 Å². The topological polar surface area (TPSA) is 77.5 Å². The molecule has 0 radical (unpaired) electrons. The van der Waals surface area contributed by atoms with Crippen LogP contribution < -0.4 is 14.8 Å². The van der Waals surface area contributed by atoms with Gasteiger partial charge in [0.2, 0.25) is 0 Å². The molecule has 10 heteroatoms. The molecule has 3 aromatic rings. The van der Waals surface area contributed by atoms with Gasteiger partial charge in [-0.25, -0.2) is 4.98 Å². The number of anilines is 1. The van der Waals surface area contributed by atoms with Crippen LogP contribution in [0.2, 0.25) is 0 Å². The lowest BCUT2D eigenvalue weighted by Gasteiger charge is -2.09. The van der Waals surface area contributed by atoms with Crippen LogP contribution in [0.1, 0.15) is 11.1 Å². The Hall–Kier alpha value is -3.40. The van der Waals surface area contributed by atoms with Gasteiger partial charge >= 0.3 is 12.1 Å². The summed E-state index contributed by atoms with van der Waals surface area (Å²) < 4.78 is 48.5. The van der Waals surface area contributed by atoms with Crippen LogP contribution in [0.25, 0.3) is 11.3 Å². The molecule has 2 aromatic carbocycles. The number of rotatable bonds is 5. The Morgan fingerprint density at radius 1 is 1.20 bits per heavy atom. The first-order valence-corrected chi connectivity index (χ1v) is 9.56. The van der Waals surface area contributed by atoms with Crippen molar-refractivity contribution in [1.82, 2.24) is 4.98 Å². The molecule has 0 spiro atoms. The Labute approximate surface area is 172 Å². The lowest BCUT2D eigenvalue weighted by Crippen LogP contribution is -2.20. The Balaban J connectivity index is 1.37. The Morgan fingerprint density at radius 2 is 1.97 bits per heavy atom. The molecular formula is C20H13F3N2O4S. The number of carbonyl (C=O) groups is 2. The first kappa shape index (κ1) is 19.9. The number of halogens is 3. The predicted octanol–water partition coefficient (Wildman–Crippen LogP) is 4.31. The molecule has 1 amide bonds. The van der Waals surface area contributed by atoms with Gasteiger partial charge in [0.05, 0.1) is 17.7 Å². The maximum Gasteiger partial charge on any atom is 0.416 e. The summed E-state index contributed by atoms with van der Waals surface area (Å²) in [6.45, 7) is -0.330. The molecule has 0 unspecified atom stereocenters. The number of carbonyl (C=O) groups excluding carboxylic acids is 2. The molecule has 2 heterocycles. The quantitative estimate of drug-likeness (QED) is 0.478. The highest BCUT2D eigenvalue weighted by atomic mass is 32.1. The minimum absolute atomic E-state index is 0.157. The summed E-state index contributed by atoms with van der Waals surface area (Å²) in [5.41, 5.74) is 0.889. The van der Waals surface area contributed by atoms with Gasteiger partial charge in [-0.3, -0.25) is 14.9 Å². The van der Waals surface area contributed by atoms with Crippen LogP contribution in [0.15, 0.2) is 47.8 Å². The second kappa shape index (κ2) is 7.79. The summed E-state index contributed by atoms with van der Waals surface area (Å²) in [5, 5.41) is 4.48. The van der Waals surface area contributed by atoms with Gasteiger partial charge in [0.1, 0.15) is 0 Å². The number of nitrogens with one attached hydrogen (secondary N) is 1. The average molecular weight is 434 g/mol. The fourth-order valence-corrected chi connectivity index (χ4v) is 3.56. The van der Waals surface area contributed by atoms with E-state index in [1.54, 1.807) is 23.6 Å². The minimum Gasteiger partial charge on any atom is -0.480 e. The number of thiazole rings is 1. The van der Waals surface area contributed by atoms with Crippen molar-refractivity contribution in [1.29, 1.82) is 0 Å². The van der Waals surface area contributed by atoms with E-state index in [1.165, 1.54) is 12.1 Å². The van der Waals surface area contributed by atoms with E-state index in [9.17, 15) is 22.8 Å². The zero-order chi connectivity index (χ0) is 21.3. The molecule has 6 nitrogen and oxygen atoms in total. The maximum atomic E-state index is 12.7. The van der Waals surface area contributed by atoms with E-state index < -0.39 is 17.6 Å². The van der Waals surface area contributed by atoms with Gasteiger partial charge in [-0.05, 0) is 18.2 Å². The lowest BCUT2D eigenvalue weighted by atomic mass is 10.1. The van der Waals surface area contributed by atoms with Crippen LogP contribution in [0, 0.1) is 0 Å². The molecule has 1 aliphatic heterocycles. The van der Waals surface area contributed by atoms with E-state index in [2.05, 4.69) is 10.3 Å².